The molecule has 0 saturated heterocycles. The molecule has 0 radical (unpaired) electrons. The summed E-state index contributed by atoms with van der Waals surface area (Å²) in [6, 6.07) is 0. The second-order valence-electron chi connectivity index (χ2n) is 5.09. The van der Waals surface area contributed by atoms with E-state index < -0.39 is 0 Å². The van der Waals surface area contributed by atoms with Gasteiger partial charge in [0.25, 0.3) is 0 Å². The van der Waals surface area contributed by atoms with E-state index in [-0.39, 0.29) is 18.4 Å². The van der Waals surface area contributed by atoms with Crippen molar-refractivity contribution < 1.29 is 14.6 Å². The molecule has 18 heavy (non-hydrogen) atoms. The van der Waals surface area contributed by atoms with E-state index in [1.165, 1.54) is 0 Å². The van der Waals surface area contributed by atoms with E-state index in [1.54, 1.807) is 11.9 Å². The molecule has 0 heterocycles. The van der Waals surface area contributed by atoms with Crippen molar-refractivity contribution in [1.29, 1.82) is 0 Å². The molecule has 1 amide bonds. The van der Waals surface area contributed by atoms with E-state index in [0.717, 1.165) is 6.42 Å². The summed E-state index contributed by atoms with van der Waals surface area (Å²) in [5.74, 6) is 0.932. The maximum Gasteiger partial charge on any atom is 0.222 e. The molecule has 0 aromatic rings. The first kappa shape index (κ1) is 17.4. The number of hydrogen-bond acceptors (Lipinski definition) is 4. The summed E-state index contributed by atoms with van der Waals surface area (Å²) in [6.07, 6.45) is 1.49. The molecule has 5 heteroatoms. The molecule has 0 fully saturated rings. The number of carbonyl (C=O) groups is 1. The minimum absolute atomic E-state index is 0.0152. The van der Waals surface area contributed by atoms with Gasteiger partial charge < -0.3 is 20.5 Å². The molecule has 0 aromatic carbocycles. The van der Waals surface area contributed by atoms with Crippen LogP contribution in [0, 0.1) is 11.8 Å². The maximum atomic E-state index is 11.9. The average Bonchev–Trinajstić information content (AvgIpc) is 2.32. The molecule has 0 bridgehead atoms. The number of likely N-dealkylation sites (N-methyl/N-ethyl adjacent to an activating group) is 1. The van der Waals surface area contributed by atoms with E-state index >= 15 is 0 Å². The van der Waals surface area contributed by atoms with Crippen molar-refractivity contribution in [2.24, 2.45) is 17.6 Å². The van der Waals surface area contributed by atoms with Crippen molar-refractivity contribution in [2.45, 2.75) is 26.7 Å². The number of carbonyl (C=O) groups excluding carboxylic acids is 1. The van der Waals surface area contributed by atoms with Crippen LogP contribution in [0.4, 0.5) is 0 Å². The van der Waals surface area contributed by atoms with Crippen LogP contribution in [0.2, 0.25) is 0 Å². The van der Waals surface area contributed by atoms with Crippen molar-refractivity contribution in [2.75, 3.05) is 40.0 Å². The van der Waals surface area contributed by atoms with Crippen molar-refractivity contribution in [1.82, 2.24) is 4.90 Å². The highest BCUT2D eigenvalue weighted by Gasteiger charge is 2.16. The predicted molar refractivity (Wildman–Crippen MR) is 72.2 cm³/mol. The molecule has 0 aromatic heterocycles. The zero-order valence-corrected chi connectivity index (χ0v) is 11.9. The lowest BCUT2D eigenvalue weighted by atomic mass is 9.94. The van der Waals surface area contributed by atoms with E-state index in [4.69, 9.17) is 15.6 Å². The Balaban J connectivity index is 3.89. The van der Waals surface area contributed by atoms with Crippen LogP contribution in [0.1, 0.15) is 26.7 Å². The van der Waals surface area contributed by atoms with Crippen LogP contribution in [0.3, 0.4) is 0 Å². The van der Waals surface area contributed by atoms with Gasteiger partial charge in [-0.25, -0.2) is 0 Å². The third-order valence-corrected chi connectivity index (χ3v) is 2.83. The molecule has 3 N–H and O–H groups in total. The number of rotatable bonds is 10. The van der Waals surface area contributed by atoms with Gasteiger partial charge in [0.15, 0.2) is 0 Å². The first-order chi connectivity index (χ1) is 8.51. The molecule has 0 spiro atoms. The van der Waals surface area contributed by atoms with Crippen LogP contribution in [0.15, 0.2) is 0 Å². The van der Waals surface area contributed by atoms with Crippen molar-refractivity contribution in [3.8, 4) is 0 Å². The average molecular weight is 260 g/mol. The topological polar surface area (TPSA) is 75.8 Å². The smallest absolute Gasteiger partial charge is 0.222 e. The highest BCUT2D eigenvalue weighted by molar-refractivity contribution is 5.76. The van der Waals surface area contributed by atoms with Crippen LogP contribution in [-0.2, 0) is 9.53 Å². The Morgan fingerprint density at radius 2 is 2.06 bits per heavy atom. The summed E-state index contributed by atoms with van der Waals surface area (Å²) in [4.78, 5) is 13.6. The number of nitrogens with zero attached hydrogens (tertiary/aromatic N) is 1. The van der Waals surface area contributed by atoms with Crippen LogP contribution >= 0.6 is 0 Å². The monoisotopic (exact) mass is 260 g/mol. The molecular weight excluding hydrogens is 232 g/mol. The SMILES string of the molecule is CC(C)C[C@H](CN)CC(=O)N(C)CCOCCO. The highest BCUT2D eigenvalue weighted by atomic mass is 16.5. The zero-order valence-electron chi connectivity index (χ0n) is 11.9. The Morgan fingerprint density at radius 3 is 2.56 bits per heavy atom. The van der Waals surface area contributed by atoms with Crippen LogP contribution in [0.25, 0.3) is 0 Å². The van der Waals surface area contributed by atoms with Gasteiger partial charge in [0, 0.05) is 20.0 Å². The lowest BCUT2D eigenvalue weighted by Gasteiger charge is -2.21. The second kappa shape index (κ2) is 10.3. The third kappa shape index (κ3) is 8.44. The Hall–Kier alpha value is -0.650. The fourth-order valence-corrected chi connectivity index (χ4v) is 1.83. The van der Waals surface area contributed by atoms with Crippen molar-refractivity contribution in [3.05, 3.63) is 0 Å². The quantitative estimate of drug-likeness (QED) is 0.560. The van der Waals surface area contributed by atoms with E-state index in [9.17, 15) is 4.79 Å². The van der Waals surface area contributed by atoms with Gasteiger partial charge in [0.2, 0.25) is 5.91 Å². The first-order valence-corrected chi connectivity index (χ1v) is 6.63. The molecule has 0 aliphatic carbocycles. The van der Waals surface area contributed by atoms with Crippen LogP contribution in [-0.4, -0.2) is 55.9 Å². The van der Waals surface area contributed by atoms with Crippen molar-refractivity contribution >= 4 is 5.91 Å². The van der Waals surface area contributed by atoms with Gasteiger partial charge >= 0.3 is 0 Å². The second-order valence-corrected chi connectivity index (χ2v) is 5.09. The molecule has 0 unspecified atom stereocenters. The summed E-state index contributed by atoms with van der Waals surface area (Å²) >= 11 is 0. The molecule has 1 atom stereocenters. The van der Waals surface area contributed by atoms with E-state index in [1.807, 2.05) is 0 Å². The Kier molecular flexibility index (Phi) is 9.92. The lowest BCUT2D eigenvalue weighted by molar-refractivity contribution is -0.131. The summed E-state index contributed by atoms with van der Waals surface area (Å²) in [5.41, 5.74) is 5.69. The predicted octanol–water partition coefficient (Wildman–Crippen LogP) is 0.465. The fourth-order valence-electron chi connectivity index (χ4n) is 1.83. The molecule has 0 saturated carbocycles. The summed E-state index contributed by atoms with van der Waals surface area (Å²) in [6.45, 7) is 6.18. The minimum Gasteiger partial charge on any atom is -0.394 e. The van der Waals surface area contributed by atoms with Gasteiger partial charge in [-0.05, 0) is 24.8 Å². The van der Waals surface area contributed by atoms with Gasteiger partial charge in [0.05, 0.1) is 19.8 Å². The number of hydrogen-bond donors (Lipinski definition) is 2. The summed E-state index contributed by atoms with van der Waals surface area (Å²) < 4.78 is 5.13. The zero-order chi connectivity index (χ0) is 14.0. The Labute approximate surface area is 110 Å². The van der Waals surface area contributed by atoms with E-state index in [2.05, 4.69) is 13.8 Å². The fraction of sp³-hybridized carbons (Fsp3) is 0.923. The molecule has 5 nitrogen and oxygen atoms in total. The first-order valence-electron chi connectivity index (χ1n) is 6.63. The molecule has 0 rings (SSSR count). The molecular formula is C13H28N2O3. The maximum absolute atomic E-state index is 11.9. The number of aliphatic hydroxyl groups excluding tert-OH is 1. The van der Waals surface area contributed by atoms with Crippen LogP contribution in [0.5, 0.6) is 0 Å². The van der Waals surface area contributed by atoms with Gasteiger partial charge in [-0.15, -0.1) is 0 Å². The minimum atomic E-state index is 0.0152. The van der Waals surface area contributed by atoms with Gasteiger partial charge in [0.1, 0.15) is 0 Å². The molecule has 0 aliphatic heterocycles. The van der Waals surface area contributed by atoms with Crippen molar-refractivity contribution in [3.63, 3.8) is 0 Å². The third-order valence-electron chi connectivity index (χ3n) is 2.83. The largest absolute Gasteiger partial charge is 0.394 e. The van der Waals surface area contributed by atoms with E-state index in [0.29, 0.717) is 38.6 Å². The van der Waals surface area contributed by atoms with Gasteiger partial charge in [-0.3, -0.25) is 4.79 Å². The lowest BCUT2D eigenvalue weighted by Crippen LogP contribution is -2.33. The summed E-state index contributed by atoms with van der Waals surface area (Å²) in [7, 11) is 1.77. The highest BCUT2D eigenvalue weighted by Crippen LogP contribution is 2.15. The number of ether oxygens (including phenoxy) is 1. The number of nitrogens with two attached hydrogens (primary N) is 1. The molecule has 108 valence electrons. The standard InChI is InChI=1S/C13H28N2O3/c1-11(2)8-12(10-14)9-13(17)15(3)4-6-18-7-5-16/h11-12,16H,4-10,14H2,1-3H3/t12-/m0/s1. The van der Waals surface area contributed by atoms with Crippen LogP contribution < -0.4 is 5.73 Å². The molecule has 0 aliphatic rings. The normalized spacial score (nSPS) is 12.8. The number of amides is 1. The Bertz CT molecular complexity index is 222. The van der Waals surface area contributed by atoms with Gasteiger partial charge in [-0.2, -0.15) is 0 Å². The Morgan fingerprint density at radius 1 is 1.39 bits per heavy atom. The van der Waals surface area contributed by atoms with Gasteiger partial charge in [-0.1, -0.05) is 13.8 Å². The summed E-state index contributed by atoms with van der Waals surface area (Å²) in [5, 5.41) is 8.56. The number of aliphatic hydroxyl groups is 1.